The number of nitrogens with zero attached hydrogens (tertiary/aromatic N) is 2. The molecule has 0 saturated carbocycles. The Morgan fingerprint density at radius 3 is 2.67 bits per heavy atom. The van der Waals surface area contributed by atoms with Gasteiger partial charge < -0.3 is 24.8 Å². The summed E-state index contributed by atoms with van der Waals surface area (Å²) < 4.78 is 39.2. The average Bonchev–Trinajstić information content (AvgIpc) is 2.81. The molecule has 0 bridgehead atoms. The Morgan fingerprint density at radius 2 is 2.03 bits per heavy atom. The van der Waals surface area contributed by atoms with Crippen molar-refractivity contribution in [3.63, 3.8) is 0 Å². The van der Waals surface area contributed by atoms with Gasteiger partial charge in [-0.05, 0) is 37.6 Å². The Balaban J connectivity index is 1.68. The van der Waals surface area contributed by atoms with E-state index in [0.29, 0.717) is 11.5 Å². The predicted octanol–water partition coefficient (Wildman–Crippen LogP) is 4.21. The van der Waals surface area contributed by atoms with Crippen LogP contribution in [0.4, 0.5) is 26.0 Å². The van der Waals surface area contributed by atoms with Crippen LogP contribution in [0.5, 0.6) is 11.5 Å². The van der Waals surface area contributed by atoms with Crippen LogP contribution in [0.2, 0.25) is 0 Å². The van der Waals surface area contributed by atoms with Crippen LogP contribution >= 0.6 is 0 Å². The van der Waals surface area contributed by atoms with Crippen molar-refractivity contribution in [3.05, 3.63) is 71.4 Å². The lowest BCUT2D eigenvalue weighted by Gasteiger charge is -2.37. The number of ether oxygens (including phenoxy) is 2. The van der Waals surface area contributed by atoms with E-state index in [1.165, 1.54) is 0 Å². The third-order valence-corrected chi connectivity index (χ3v) is 5.18. The first kappa shape index (κ1) is 22.5. The van der Waals surface area contributed by atoms with Gasteiger partial charge in [0.25, 0.3) is 5.91 Å². The summed E-state index contributed by atoms with van der Waals surface area (Å²) in [6.07, 6.45) is 1.71. The van der Waals surface area contributed by atoms with Gasteiger partial charge in [-0.2, -0.15) is 0 Å². The number of pyridine rings is 1. The third kappa shape index (κ3) is 4.45. The number of aromatic nitrogens is 1. The lowest BCUT2D eigenvalue weighted by atomic mass is 10.1. The number of hydrogen-bond donors (Lipinski definition) is 2. The lowest BCUT2D eigenvalue weighted by Crippen LogP contribution is -2.43. The fourth-order valence-corrected chi connectivity index (χ4v) is 3.66. The van der Waals surface area contributed by atoms with Gasteiger partial charge in [0.1, 0.15) is 12.4 Å². The van der Waals surface area contributed by atoms with E-state index in [9.17, 15) is 18.7 Å². The number of hydrogen-bond acceptors (Lipinski definition) is 6. The molecule has 3 aromatic rings. The first-order chi connectivity index (χ1) is 15.9. The number of aryl methyl sites for hydroxylation is 1. The van der Waals surface area contributed by atoms with Crippen LogP contribution in [-0.2, 0) is 0 Å². The molecule has 1 aliphatic heterocycles. The number of rotatable bonds is 6. The Morgan fingerprint density at radius 1 is 1.27 bits per heavy atom. The van der Waals surface area contributed by atoms with E-state index in [-0.39, 0.29) is 36.8 Å². The maximum Gasteiger partial charge on any atom is 0.259 e. The normalized spacial score (nSPS) is 14.9. The highest BCUT2D eigenvalue weighted by Crippen LogP contribution is 2.41. The minimum atomic E-state index is -0.916. The highest BCUT2D eigenvalue weighted by Gasteiger charge is 2.32. The van der Waals surface area contributed by atoms with Crippen molar-refractivity contribution < 1.29 is 28.2 Å². The molecule has 2 heterocycles. The molecular formula is C24H23F2N3O4. The van der Waals surface area contributed by atoms with Crippen LogP contribution in [-0.4, -0.2) is 41.9 Å². The molecule has 0 fully saturated rings. The molecule has 1 atom stereocenters. The van der Waals surface area contributed by atoms with Gasteiger partial charge in [0.2, 0.25) is 0 Å². The number of anilines is 3. The Hall–Kier alpha value is -3.72. The van der Waals surface area contributed by atoms with Crippen molar-refractivity contribution in [2.45, 2.75) is 19.9 Å². The number of amides is 1. The predicted molar refractivity (Wildman–Crippen MR) is 119 cm³/mol. The number of aliphatic hydroxyl groups is 1. The van der Waals surface area contributed by atoms with E-state index < -0.39 is 29.3 Å². The van der Waals surface area contributed by atoms with Crippen LogP contribution in [0.15, 0.2) is 48.7 Å². The molecule has 33 heavy (non-hydrogen) atoms. The monoisotopic (exact) mass is 455 g/mol. The number of para-hydroxylation sites is 1. The molecule has 7 nitrogen and oxygen atoms in total. The largest absolute Gasteiger partial charge is 0.488 e. The molecule has 1 amide bonds. The van der Waals surface area contributed by atoms with Crippen LogP contribution < -0.4 is 19.7 Å². The van der Waals surface area contributed by atoms with E-state index in [0.717, 1.165) is 17.7 Å². The van der Waals surface area contributed by atoms with Crippen LogP contribution in [0.25, 0.3) is 0 Å². The van der Waals surface area contributed by atoms with Crippen molar-refractivity contribution in [1.82, 2.24) is 4.98 Å². The molecule has 4 rings (SSSR count). The Kier molecular flexibility index (Phi) is 6.41. The molecule has 172 valence electrons. The molecule has 2 aromatic carbocycles. The first-order valence-electron chi connectivity index (χ1n) is 10.4. The van der Waals surface area contributed by atoms with Gasteiger partial charge in [-0.15, -0.1) is 0 Å². The Bertz CT molecular complexity index is 1150. The second-order valence-electron chi connectivity index (χ2n) is 7.52. The molecule has 1 aliphatic rings. The second kappa shape index (κ2) is 9.41. The minimum absolute atomic E-state index is 0.0582. The number of carbonyl (C=O) groups excluding carboxylic acids is 1. The van der Waals surface area contributed by atoms with Gasteiger partial charge in [0.15, 0.2) is 23.1 Å². The molecule has 0 aliphatic carbocycles. The second-order valence-corrected chi connectivity index (χ2v) is 7.52. The molecule has 2 N–H and O–H groups in total. The standard InChI is InChI=1S/C24H23F2N3O4/c1-3-32-23-18(25)9-15(10-19(23)26)28-24(31)17-5-4-6-20-22(17)33-13-16(12-30)29(20)21-8-7-14(2)11-27-21/h4-11,16,30H,3,12-13H2,1-2H3,(H,28,31)/t16-/m0/s1. The lowest BCUT2D eigenvalue weighted by molar-refractivity contribution is 0.102. The van der Waals surface area contributed by atoms with Crippen molar-refractivity contribution in [2.24, 2.45) is 0 Å². The summed E-state index contributed by atoms with van der Waals surface area (Å²) in [5.41, 5.74) is 1.65. The van der Waals surface area contributed by atoms with Crippen molar-refractivity contribution in [1.29, 1.82) is 0 Å². The maximum atomic E-state index is 14.2. The summed E-state index contributed by atoms with van der Waals surface area (Å²) >= 11 is 0. The van der Waals surface area contributed by atoms with Gasteiger partial charge in [0.05, 0.1) is 30.5 Å². The molecule has 9 heteroatoms. The van der Waals surface area contributed by atoms with E-state index >= 15 is 0 Å². The topological polar surface area (TPSA) is 83.9 Å². The summed E-state index contributed by atoms with van der Waals surface area (Å²) in [4.78, 5) is 19.3. The van der Waals surface area contributed by atoms with Gasteiger partial charge in [-0.25, -0.2) is 13.8 Å². The average molecular weight is 455 g/mol. The molecule has 0 radical (unpaired) electrons. The maximum absolute atomic E-state index is 14.2. The minimum Gasteiger partial charge on any atom is -0.488 e. The molecule has 0 unspecified atom stereocenters. The molecule has 0 saturated heterocycles. The summed E-state index contributed by atoms with van der Waals surface area (Å²) in [5.74, 6) is -2.05. The van der Waals surface area contributed by atoms with Gasteiger partial charge in [-0.1, -0.05) is 12.1 Å². The molecule has 1 aromatic heterocycles. The third-order valence-electron chi connectivity index (χ3n) is 5.18. The molecular weight excluding hydrogens is 432 g/mol. The number of aliphatic hydroxyl groups excluding tert-OH is 1. The van der Waals surface area contributed by atoms with Gasteiger partial charge in [0, 0.05) is 24.0 Å². The van der Waals surface area contributed by atoms with Gasteiger partial charge in [-0.3, -0.25) is 4.79 Å². The van der Waals surface area contributed by atoms with Crippen LogP contribution in [0.1, 0.15) is 22.8 Å². The summed E-state index contributed by atoms with van der Waals surface area (Å²) in [5, 5.41) is 12.4. The SMILES string of the molecule is CCOc1c(F)cc(NC(=O)c2cccc3c2OC[C@H](CO)N3c2ccc(C)cn2)cc1F. The van der Waals surface area contributed by atoms with E-state index in [2.05, 4.69) is 10.3 Å². The zero-order chi connectivity index (χ0) is 23.5. The smallest absolute Gasteiger partial charge is 0.259 e. The molecule has 0 spiro atoms. The van der Waals surface area contributed by atoms with Crippen molar-refractivity contribution in [3.8, 4) is 11.5 Å². The number of carbonyl (C=O) groups is 1. The highest BCUT2D eigenvalue weighted by atomic mass is 19.1. The fraction of sp³-hybridized carbons (Fsp3) is 0.250. The quantitative estimate of drug-likeness (QED) is 0.579. The first-order valence-corrected chi connectivity index (χ1v) is 10.4. The van der Waals surface area contributed by atoms with E-state index in [4.69, 9.17) is 9.47 Å². The summed E-state index contributed by atoms with van der Waals surface area (Å²) in [6.45, 7) is 3.58. The fourth-order valence-electron chi connectivity index (χ4n) is 3.66. The Labute approximate surface area is 189 Å². The summed E-state index contributed by atoms with van der Waals surface area (Å²) in [6, 6.07) is 10.3. The highest BCUT2D eigenvalue weighted by molar-refractivity contribution is 6.07. The van der Waals surface area contributed by atoms with Crippen molar-refractivity contribution in [2.75, 3.05) is 30.0 Å². The number of fused-ring (bicyclic) bond motifs is 1. The summed E-state index contributed by atoms with van der Waals surface area (Å²) in [7, 11) is 0. The van der Waals surface area contributed by atoms with E-state index in [1.54, 1.807) is 31.3 Å². The number of nitrogens with one attached hydrogen (secondary N) is 1. The zero-order valence-electron chi connectivity index (χ0n) is 18.1. The van der Waals surface area contributed by atoms with Crippen LogP contribution in [0, 0.1) is 18.6 Å². The van der Waals surface area contributed by atoms with Crippen LogP contribution in [0.3, 0.4) is 0 Å². The zero-order valence-corrected chi connectivity index (χ0v) is 18.1. The number of halogens is 2. The van der Waals surface area contributed by atoms with E-state index in [1.807, 2.05) is 24.0 Å². The van der Waals surface area contributed by atoms with Gasteiger partial charge >= 0.3 is 0 Å². The number of benzene rings is 2. The van der Waals surface area contributed by atoms with Crippen molar-refractivity contribution >= 4 is 23.1 Å².